The average Bonchev–Trinajstić information content (AvgIpc) is 2.76. The van der Waals surface area contributed by atoms with E-state index in [0.717, 1.165) is 26.1 Å². The lowest BCUT2D eigenvalue weighted by Crippen LogP contribution is -2.26. The fraction of sp³-hybridized carbons (Fsp3) is 0.615. The predicted molar refractivity (Wildman–Crippen MR) is 69.8 cm³/mol. The van der Waals surface area contributed by atoms with Gasteiger partial charge < -0.3 is 14.4 Å². The Morgan fingerprint density at radius 3 is 2.61 bits per heavy atom. The molecular formula is C13H22N2O3. The number of hydrogen-bond donors (Lipinski definition) is 1. The highest BCUT2D eigenvalue weighted by molar-refractivity contribution is 5.87. The summed E-state index contributed by atoms with van der Waals surface area (Å²) in [6.45, 7) is 5.72. The second kappa shape index (κ2) is 7.18. The van der Waals surface area contributed by atoms with Crippen LogP contribution in [0.3, 0.4) is 0 Å². The summed E-state index contributed by atoms with van der Waals surface area (Å²) in [6.07, 6.45) is 2.39. The zero-order valence-corrected chi connectivity index (χ0v) is 11.3. The monoisotopic (exact) mass is 254 g/mol. The van der Waals surface area contributed by atoms with E-state index in [1.807, 2.05) is 0 Å². The Labute approximate surface area is 108 Å². The molecule has 0 amide bonds. The fourth-order valence-electron chi connectivity index (χ4n) is 1.76. The quantitative estimate of drug-likeness (QED) is 0.766. The van der Waals surface area contributed by atoms with E-state index in [2.05, 4.69) is 30.8 Å². The number of aromatic carboxylic acids is 1. The summed E-state index contributed by atoms with van der Waals surface area (Å²) in [7, 11) is 4.11. The van der Waals surface area contributed by atoms with Crippen LogP contribution in [0.15, 0.2) is 16.7 Å². The lowest BCUT2D eigenvalue weighted by molar-refractivity contribution is 0.0696. The van der Waals surface area contributed by atoms with Gasteiger partial charge in [-0.3, -0.25) is 4.90 Å². The first-order valence-electron chi connectivity index (χ1n) is 6.20. The van der Waals surface area contributed by atoms with Gasteiger partial charge in [-0.1, -0.05) is 6.92 Å². The zero-order valence-electron chi connectivity index (χ0n) is 11.3. The SMILES string of the molecule is CCN(CCCN(C)C)Cc1cc(C(=O)O)co1. The van der Waals surface area contributed by atoms with Gasteiger partial charge in [0.15, 0.2) is 0 Å². The molecule has 102 valence electrons. The van der Waals surface area contributed by atoms with Crippen LogP contribution >= 0.6 is 0 Å². The molecule has 0 aliphatic carbocycles. The van der Waals surface area contributed by atoms with Crippen LogP contribution in [0.5, 0.6) is 0 Å². The maximum absolute atomic E-state index is 10.7. The van der Waals surface area contributed by atoms with Crippen molar-refractivity contribution in [2.45, 2.75) is 19.9 Å². The van der Waals surface area contributed by atoms with Gasteiger partial charge in [-0.15, -0.1) is 0 Å². The van der Waals surface area contributed by atoms with Crippen molar-refractivity contribution in [2.75, 3.05) is 33.7 Å². The van der Waals surface area contributed by atoms with E-state index in [9.17, 15) is 4.79 Å². The minimum Gasteiger partial charge on any atom is -0.478 e. The van der Waals surface area contributed by atoms with Gasteiger partial charge in [-0.25, -0.2) is 4.79 Å². The van der Waals surface area contributed by atoms with E-state index < -0.39 is 5.97 Å². The number of carboxylic acid groups (broad SMARTS) is 1. The summed E-state index contributed by atoms with van der Waals surface area (Å²) in [5.41, 5.74) is 0.217. The molecule has 0 aromatic carbocycles. The topological polar surface area (TPSA) is 56.9 Å². The largest absolute Gasteiger partial charge is 0.478 e. The van der Waals surface area contributed by atoms with Gasteiger partial charge in [-0.2, -0.15) is 0 Å². The van der Waals surface area contributed by atoms with Gasteiger partial charge in [0.05, 0.1) is 12.1 Å². The van der Waals surface area contributed by atoms with Crippen LogP contribution in [-0.2, 0) is 6.54 Å². The highest BCUT2D eigenvalue weighted by Crippen LogP contribution is 2.11. The second-order valence-corrected chi connectivity index (χ2v) is 4.63. The molecule has 0 saturated heterocycles. The Hall–Kier alpha value is -1.33. The number of nitrogens with zero attached hydrogens (tertiary/aromatic N) is 2. The summed E-state index contributed by atoms with van der Waals surface area (Å²) in [5.74, 6) is -0.236. The molecule has 0 aliphatic heterocycles. The Morgan fingerprint density at radius 2 is 2.11 bits per heavy atom. The number of hydrogen-bond acceptors (Lipinski definition) is 4. The van der Waals surface area contributed by atoms with E-state index in [4.69, 9.17) is 9.52 Å². The van der Waals surface area contributed by atoms with Gasteiger partial charge in [0.1, 0.15) is 12.0 Å². The van der Waals surface area contributed by atoms with Gasteiger partial charge in [-0.05, 0) is 46.2 Å². The van der Waals surface area contributed by atoms with Crippen molar-refractivity contribution in [1.82, 2.24) is 9.80 Å². The molecule has 0 aliphatic rings. The Kier molecular flexibility index (Phi) is 5.88. The molecule has 5 heteroatoms. The lowest BCUT2D eigenvalue weighted by Gasteiger charge is -2.20. The van der Waals surface area contributed by atoms with Crippen LogP contribution in [-0.4, -0.2) is 54.6 Å². The molecule has 1 aromatic rings. The van der Waals surface area contributed by atoms with Crippen molar-refractivity contribution < 1.29 is 14.3 Å². The van der Waals surface area contributed by atoms with Crippen LogP contribution in [0.2, 0.25) is 0 Å². The molecule has 0 atom stereocenters. The predicted octanol–water partition coefficient (Wildman–Crippen LogP) is 1.75. The minimum atomic E-state index is -0.944. The summed E-state index contributed by atoms with van der Waals surface area (Å²) >= 11 is 0. The van der Waals surface area contributed by atoms with Crippen molar-refractivity contribution in [2.24, 2.45) is 0 Å². The molecule has 0 radical (unpaired) electrons. The molecule has 18 heavy (non-hydrogen) atoms. The highest BCUT2D eigenvalue weighted by Gasteiger charge is 2.11. The van der Waals surface area contributed by atoms with Gasteiger partial charge in [0, 0.05) is 0 Å². The Bertz CT molecular complexity index is 374. The molecule has 0 spiro atoms. The molecule has 0 saturated carbocycles. The fourth-order valence-corrected chi connectivity index (χ4v) is 1.76. The number of carboxylic acids is 1. The summed E-state index contributed by atoms with van der Waals surface area (Å²) in [4.78, 5) is 15.1. The Balaban J connectivity index is 2.43. The van der Waals surface area contributed by atoms with Crippen molar-refractivity contribution in [3.63, 3.8) is 0 Å². The van der Waals surface area contributed by atoms with Gasteiger partial charge in [0.2, 0.25) is 0 Å². The van der Waals surface area contributed by atoms with Crippen molar-refractivity contribution in [3.05, 3.63) is 23.7 Å². The standard InChI is InChI=1S/C13H22N2O3/c1-4-15(7-5-6-14(2)3)9-12-8-11(10-18-12)13(16)17/h8,10H,4-7,9H2,1-3H3,(H,16,17). The molecule has 5 nitrogen and oxygen atoms in total. The lowest BCUT2D eigenvalue weighted by atomic mass is 10.3. The van der Waals surface area contributed by atoms with Crippen LogP contribution in [0.25, 0.3) is 0 Å². The first-order chi connectivity index (χ1) is 8.52. The normalized spacial score (nSPS) is 11.4. The smallest absolute Gasteiger partial charge is 0.338 e. The third kappa shape index (κ3) is 4.89. The maximum Gasteiger partial charge on any atom is 0.338 e. The molecular weight excluding hydrogens is 232 g/mol. The molecule has 1 aromatic heterocycles. The number of rotatable bonds is 8. The summed E-state index contributed by atoms with van der Waals surface area (Å²) in [5, 5.41) is 8.81. The summed E-state index contributed by atoms with van der Waals surface area (Å²) < 4.78 is 5.25. The van der Waals surface area contributed by atoms with Crippen LogP contribution in [0.4, 0.5) is 0 Å². The molecule has 0 fully saturated rings. The van der Waals surface area contributed by atoms with Crippen molar-refractivity contribution in [1.29, 1.82) is 0 Å². The van der Waals surface area contributed by atoms with Gasteiger partial charge in [0.25, 0.3) is 0 Å². The third-order valence-corrected chi connectivity index (χ3v) is 2.81. The first-order valence-corrected chi connectivity index (χ1v) is 6.20. The third-order valence-electron chi connectivity index (χ3n) is 2.81. The summed E-state index contributed by atoms with van der Waals surface area (Å²) in [6, 6.07) is 1.59. The molecule has 0 unspecified atom stereocenters. The van der Waals surface area contributed by atoms with E-state index in [1.165, 1.54) is 6.26 Å². The highest BCUT2D eigenvalue weighted by atomic mass is 16.4. The van der Waals surface area contributed by atoms with Crippen LogP contribution in [0, 0.1) is 0 Å². The minimum absolute atomic E-state index is 0.217. The van der Waals surface area contributed by atoms with Crippen molar-refractivity contribution >= 4 is 5.97 Å². The molecule has 0 bridgehead atoms. The van der Waals surface area contributed by atoms with Crippen LogP contribution < -0.4 is 0 Å². The first kappa shape index (κ1) is 14.7. The van der Waals surface area contributed by atoms with E-state index in [1.54, 1.807) is 6.07 Å². The van der Waals surface area contributed by atoms with E-state index in [0.29, 0.717) is 12.3 Å². The van der Waals surface area contributed by atoms with Crippen LogP contribution in [0.1, 0.15) is 29.5 Å². The zero-order chi connectivity index (χ0) is 13.5. The Morgan fingerprint density at radius 1 is 1.39 bits per heavy atom. The average molecular weight is 254 g/mol. The van der Waals surface area contributed by atoms with Gasteiger partial charge >= 0.3 is 5.97 Å². The van der Waals surface area contributed by atoms with E-state index in [-0.39, 0.29) is 5.56 Å². The number of carbonyl (C=O) groups is 1. The van der Waals surface area contributed by atoms with E-state index >= 15 is 0 Å². The number of furan rings is 1. The maximum atomic E-state index is 10.7. The molecule has 1 rings (SSSR count). The molecule has 1 heterocycles. The van der Waals surface area contributed by atoms with Crippen molar-refractivity contribution in [3.8, 4) is 0 Å². The second-order valence-electron chi connectivity index (χ2n) is 4.63. The molecule has 1 N–H and O–H groups in total.